The van der Waals surface area contributed by atoms with Crippen LogP contribution in [-0.2, 0) is 14.3 Å². The number of imide groups is 1. The molecule has 0 radical (unpaired) electrons. The molecule has 3 rings (SSSR count). The van der Waals surface area contributed by atoms with Gasteiger partial charge in [0.05, 0.1) is 12.1 Å². The minimum atomic E-state index is -0.776. The molecule has 1 aliphatic rings. The quantitative estimate of drug-likeness (QED) is 0.720. The summed E-state index contributed by atoms with van der Waals surface area (Å²) in [6.07, 6.45) is 1.50. The lowest BCUT2D eigenvalue weighted by molar-refractivity contribution is -0.125. The number of fused-ring (bicyclic) bond motifs is 1. The monoisotopic (exact) mass is 438 g/mol. The molecule has 0 aromatic heterocycles. The molecule has 0 spiro atoms. The highest BCUT2D eigenvalue weighted by molar-refractivity contribution is 6.01. The Bertz CT molecular complexity index is 1060. The number of rotatable bonds is 3. The van der Waals surface area contributed by atoms with Crippen LogP contribution in [0.4, 0.5) is 9.59 Å². The summed E-state index contributed by atoms with van der Waals surface area (Å²) in [6.45, 7) is 10.5. The lowest BCUT2D eigenvalue weighted by Crippen LogP contribution is -2.49. The van der Waals surface area contributed by atoms with Crippen molar-refractivity contribution in [2.45, 2.75) is 64.8 Å². The Hall–Kier alpha value is -3.35. The van der Waals surface area contributed by atoms with Crippen molar-refractivity contribution in [2.24, 2.45) is 0 Å². The molecular weight excluding hydrogens is 408 g/mol. The lowest BCUT2D eigenvalue weighted by Gasteiger charge is -2.33. The summed E-state index contributed by atoms with van der Waals surface area (Å²) in [6, 6.07) is 12.1. The molecule has 1 N–H and O–H groups in total. The van der Waals surface area contributed by atoms with Crippen molar-refractivity contribution in [3.05, 3.63) is 60.2 Å². The van der Waals surface area contributed by atoms with Gasteiger partial charge in [-0.3, -0.25) is 4.79 Å². The maximum Gasteiger partial charge on any atom is 0.417 e. The fraction of sp³-hybridized carbons (Fsp3) is 0.400. The molecule has 0 aliphatic carbocycles. The summed E-state index contributed by atoms with van der Waals surface area (Å²) in [5.41, 5.74) is -0.751. The van der Waals surface area contributed by atoms with E-state index in [9.17, 15) is 14.4 Å². The van der Waals surface area contributed by atoms with Gasteiger partial charge in [-0.1, -0.05) is 42.5 Å². The standard InChI is InChI=1S/C25H30N2O5/c1-24(2,3)31-22(29)26-21(18-12-11-16-9-7-8-10-17(16)15-18)19-13-14-20(28)27(19)23(30)32-25(4,5)6/h7-15,19,21H,1-6H3,(H,26,29)/t19-,21-/m1/s1. The van der Waals surface area contributed by atoms with Crippen LogP contribution < -0.4 is 5.32 Å². The first-order chi connectivity index (χ1) is 14.8. The van der Waals surface area contributed by atoms with Gasteiger partial charge < -0.3 is 14.8 Å². The van der Waals surface area contributed by atoms with Crippen LogP contribution >= 0.6 is 0 Å². The van der Waals surface area contributed by atoms with Crippen LogP contribution in [0.3, 0.4) is 0 Å². The average molecular weight is 439 g/mol. The minimum Gasteiger partial charge on any atom is -0.444 e. The van der Waals surface area contributed by atoms with Crippen LogP contribution in [0.1, 0.15) is 53.1 Å². The fourth-order valence-electron chi connectivity index (χ4n) is 3.48. The summed E-state index contributed by atoms with van der Waals surface area (Å²) < 4.78 is 10.9. The van der Waals surface area contributed by atoms with E-state index >= 15 is 0 Å². The van der Waals surface area contributed by atoms with Crippen LogP contribution in [0.5, 0.6) is 0 Å². The number of carbonyl (C=O) groups is 3. The van der Waals surface area contributed by atoms with Crippen LogP contribution in [0.2, 0.25) is 0 Å². The number of hydrogen-bond donors (Lipinski definition) is 1. The molecule has 7 nitrogen and oxygen atoms in total. The highest BCUT2D eigenvalue weighted by Crippen LogP contribution is 2.30. The van der Waals surface area contributed by atoms with Gasteiger partial charge in [0, 0.05) is 6.08 Å². The Morgan fingerprint density at radius 2 is 1.56 bits per heavy atom. The second-order valence-corrected chi connectivity index (χ2v) is 9.77. The highest BCUT2D eigenvalue weighted by Gasteiger charge is 2.41. The van der Waals surface area contributed by atoms with Crippen molar-refractivity contribution in [3.8, 4) is 0 Å². The predicted octanol–water partition coefficient (Wildman–Crippen LogP) is 5.11. The van der Waals surface area contributed by atoms with E-state index in [4.69, 9.17) is 9.47 Å². The number of carbonyl (C=O) groups excluding carboxylic acids is 3. The van der Waals surface area contributed by atoms with Gasteiger partial charge in [0.1, 0.15) is 11.2 Å². The first-order valence-corrected chi connectivity index (χ1v) is 10.6. The van der Waals surface area contributed by atoms with Gasteiger partial charge in [-0.2, -0.15) is 0 Å². The first-order valence-electron chi connectivity index (χ1n) is 10.6. The van der Waals surface area contributed by atoms with Crippen LogP contribution in [0, 0.1) is 0 Å². The number of benzene rings is 2. The molecule has 2 atom stereocenters. The predicted molar refractivity (Wildman–Crippen MR) is 122 cm³/mol. The molecule has 0 saturated carbocycles. The molecule has 170 valence electrons. The lowest BCUT2D eigenvalue weighted by atomic mass is 9.96. The van der Waals surface area contributed by atoms with Gasteiger partial charge in [0.2, 0.25) is 0 Å². The van der Waals surface area contributed by atoms with E-state index in [1.807, 2.05) is 42.5 Å². The van der Waals surface area contributed by atoms with Crippen LogP contribution in [-0.4, -0.2) is 40.2 Å². The number of ether oxygens (including phenoxy) is 2. The van der Waals surface area contributed by atoms with Crippen LogP contribution in [0.25, 0.3) is 10.8 Å². The first kappa shape index (κ1) is 23.3. The van der Waals surface area contributed by atoms with E-state index in [-0.39, 0.29) is 0 Å². The molecule has 0 unspecified atom stereocenters. The molecule has 2 aromatic rings. The van der Waals surface area contributed by atoms with E-state index in [0.29, 0.717) is 0 Å². The Morgan fingerprint density at radius 1 is 0.938 bits per heavy atom. The second kappa shape index (κ2) is 8.65. The second-order valence-electron chi connectivity index (χ2n) is 9.77. The molecule has 7 heteroatoms. The molecule has 1 heterocycles. The summed E-state index contributed by atoms with van der Waals surface area (Å²) in [7, 11) is 0. The zero-order chi connectivity index (χ0) is 23.7. The highest BCUT2D eigenvalue weighted by atomic mass is 16.6. The third-order valence-electron chi connectivity index (χ3n) is 4.71. The van der Waals surface area contributed by atoms with Crippen molar-refractivity contribution in [1.29, 1.82) is 0 Å². The number of alkyl carbamates (subject to hydrolysis) is 1. The molecule has 1 aliphatic heterocycles. The SMILES string of the molecule is CC(C)(C)OC(=O)N[C@H](c1ccc2ccccc2c1)[C@H]1C=CC(=O)N1C(=O)OC(C)(C)C. The Kier molecular flexibility index (Phi) is 6.30. The van der Waals surface area contributed by atoms with Crippen LogP contribution in [0.15, 0.2) is 54.6 Å². The van der Waals surface area contributed by atoms with Gasteiger partial charge >= 0.3 is 12.2 Å². The Labute approximate surface area is 188 Å². The maximum absolute atomic E-state index is 12.8. The number of amides is 3. The zero-order valence-electron chi connectivity index (χ0n) is 19.3. The van der Waals surface area contributed by atoms with Crippen molar-refractivity contribution < 1.29 is 23.9 Å². The number of hydrogen-bond acceptors (Lipinski definition) is 5. The van der Waals surface area contributed by atoms with E-state index in [1.54, 1.807) is 47.6 Å². The average Bonchev–Trinajstić information content (AvgIpc) is 3.04. The van der Waals surface area contributed by atoms with Gasteiger partial charge in [0.15, 0.2) is 0 Å². The van der Waals surface area contributed by atoms with Crippen molar-refractivity contribution in [1.82, 2.24) is 10.2 Å². The van der Waals surface area contributed by atoms with Crippen molar-refractivity contribution in [3.63, 3.8) is 0 Å². The summed E-state index contributed by atoms with van der Waals surface area (Å²) in [5.74, 6) is -0.499. The summed E-state index contributed by atoms with van der Waals surface area (Å²) >= 11 is 0. The smallest absolute Gasteiger partial charge is 0.417 e. The summed E-state index contributed by atoms with van der Waals surface area (Å²) in [4.78, 5) is 39.1. The topological polar surface area (TPSA) is 84.9 Å². The van der Waals surface area contributed by atoms with E-state index in [1.165, 1.54) is 6.08 Å². The largest absolute Gasteiger partial charge is 0.444 e. The Balaban J connectivity index is 2.00. The van der Waals surface area contributed by atoms with E-state index in [0.717, 1.165) is 21.2 Å². The normalized spacial score (nSPS) is 17.4. The zero-order valence-corrected chi connectivity index (χ0v) is 19.3. The molecule has 0 bridgehead atoms. The molecule has 32 heavy (non-hydrogen) atoms. The number of nitrogens with zero attached hydrogens (tertiary/aromatic N) is 1. The Morgan fingerprint density at radius 3 is 2.19 bits per heavy atom. The van der Waals surface area contributed by atoms with E-state index < -0.39 is 41.4 Å². The van der Waals surface area contributed by atoms with Crippen molar-refractivity contribution >= 4 is 28.9 Å². The molecule has 0 saturated heterocycles. The van der Waals surface area contributed by atoms with Gasteiger partial charge in [-0.15, -0.1) is 0 Å². The maximum atomic E-state index is 12.8. The third kappa shape index (κ3) is 5.66. The molecule has 0 fully saturated rings. The molecule has 2 aromatic carbocycles. The van der Waals surface area contributed by atoms with Gasteiger partial charge in [0.25, 0.3) is 5.91 Å². The molecule has 3 amide bonds. The minimum absolute atomic E-state index is 0.499. The van der Waals surface area contributed by atoms with E-state index in [2.05, 4.69) is 5.32 Å². The van der Waals surface area contributed by atoms with Crippen molar-refractivity contribution in [2.75, 3.05) is 0 Å². The molecular formula is C25H30N2O5. The van der Waals surface area contributed by atoms with Gasteiger partial charge in [-0.25, -0.2) is 14.5 Å². The third-order valence-corrected chi connectivity index (χ3v) is 4.71. The fourth-order valence-corrected chi connectivity index (χ4v) is 3.48. The number of nitrogens with one attached hydrogen (secondary N) is 1. The summed E-state index contributed by atoms with van der Waals surface area (Å²) in [5, 5.41) is 4.86. The van der Waals surface area contributed by atoms with Gasteiger partial charge in [-0.05, 0) is 63.9 Å².